The number of hydrogen-bond acceptors (Lipinski definition) is 12. The first-order valence-electron chi connectivity index (χ1n) is 20.8. The maximum atomic E-state index is 14.3. The van der Waals surface area contributed by atoms with E-state index < -0.39 is 83.5 Å². The Morgan fingerprint density at radius 1 is 0.839 bits per heavy atom. The summed E-state index contributed by atoms with van der Waals surface area (Å²) in [6.45, 7) is 4.08. The van der Waals surface area contributed by atoms with Gasteiger partial charge in [0.25, 0.3) is 0 Å². The third-order valence-corrected chi connectivity index (χ3v) is 10.2. The Morgan fingerprint density at radius 2 is 1.47 bits per heavy atom. The van der Waals surface area contributed by atoms with E-state index in [-0.39, 0.29) is 57.0 Å². The predicted molar refractivity (Wildman–Crippen MR) is 229 cm³/mol. The average molecular weight is 869 g/mol. The number of aromatic amines is 1. The number of rotatable bonds is 26. The van der Waals surface area contributed by atoms with E-state index in [2.05, 4.69) is 46.9 Å². The van der Waals surface area contributed by atoms with E-state index in [4.69, 9.17) is 22.9 Å². The van der Waals surface area contributed by atoms with Crippen molar-refractivity contribution in [3.8, 4) is 5.75 Å². The molecule has 62 heavy (non-hydrogen) atoms. The number of guanidine groups is 1. The second-order valence-electron chi connectivity index (χ2n) is 15.5. The molecule has 16 N–H and O–H groups in total. The number of nitrogens with zero attached hydrogens (tertiary/aromatic N) is 3. The molecule has 2 aromatic rings. The third kappa shape index (κ3) is 16.3. The van der Waals surface area contributed by atoms with Gasteiger partial charge in [-0.15, -0.1) is 0 Å². The summed E-state index contributed by atoms with van der Waals surface area (Å²) in [7, 11) is 1.57. The number of aliphatic imine (C=N–C) groups is 1. The summed E-state index contributed by atoms with van der Waals surface area (Å²) in [6, 6.07) is -0.806. The summed E-state index contributed by atoms with van der Waals surface area (Å²) in [4.78, 5) is 107. The number of nitrogens with two attached hydrogens (primary N) is 4. The highest BCUT2D eigenvalue weighted by atomic mass is 16.3. The zero-order chi connectivity index (χ0) is 45.8. The van der Waals surface area contributed by atoms with E-state index in [9.17, 15) is 38.7 Å². The molecule has 1 aromatic heterocycles. The second kappa shape index (κ2) is 25.5. The Balaban J connectivity index is 1.90. The first-order chi connectivity index (χ1) is 29.5. The minimum atomic E-state index is -1.32. The lowest BCUT2D eigenvalue weighted by molar-refractivity contribution is -0.141. The normalized spacial score (nSPS) is 16.0. The summed E-state index contributed by atoms with van der Waals surface area (Å²) in [5.41, 5.74) is 23.3. The molecule has 0 aliphatic carbocycles. The fraction of sp³-hybridized carbons (Fsp3) is 0.575. The molecule has 0 radical (unpaired) electrons. The number of imidazole rings is 1. The molecule has 1 aromatic carbocycles. The number of hydrogen-bond donors (Lipinski definition) is 12. The van der Waals surface area contributed by atoms with E-state index in [0.717, 1.165) is 0 Å². The molecule has 6 unspecified atom stereocenters. The van der Waals surface area contributed by atoms with Gasteiger partial charge < -0.3 is 69.8 Å². The number of aromatic hydroxyl groups is 1. The number of phenolic OH excluding ortho intramolecular Hbond substituents is 1. The molecule has 1 fully saturated rings. The van der Waals surface area contributed by atoms with Crippen LogP contribution in [0, 0.1) is 5.92 Å². The van der Waals surface area contributed by atoms with Gasteiger partial charge >= 0.3 is 0 Å². The molecule has 1 saturated heterocycles. The molecule has 0 bridgehead atoms. The highest BCUT2D eigenvalue weighted by Gasteiger charge is 2.38. The lowest BCUT2D eigenvalue weighted by Gasteiger charge is -2.30. The number of H-pyrrole nitrogens is 1. The van der Waals surface area contributed by atoms with Crippen molar-refractivity contribution in [3.63, 3.8) is 0 Å². The van der Waals surface area contributed by atoms with Crippen LogP contribution < -0.4 is 54.8 Å². The number of carbonyl (C=O) groups is 7. The van der Waals surface area contributed by atoms with Gasteiger partial charge in [-0.3, -0.25) is 38.6 Å². The number of primary amides is 1. The van der Waals surface area contributed by atoms with E-state index in [1.807, 2.05) is 0 Å². The summed E-state index contributed by atoms with van der Waals surface area (Å²) >= 11 is 0. The molecule has 3 rings (SSSR count). The van der Waals surface area contributed by atoms with Crippen LogP contribution >= 0.6 is 0 Å². The monoisotopic (exact) mass is 869 g/mol. The quantitative estimate of drug-likeness (QED) is 0.0253. The van der Waals surface area contributed by atoms with Crippen molar-refractivity contribution >= 4 is 47.3 Å². The van der Waals surface area contributed by atoms with Gasteiger partial charge in [0.05, 0.1) is 12.9 Å². The SMILES string of the molecule is CNCC(=O)NC(CCCN=C(N)N)C(=O)NC(C(=O)NC(Cc1ccc(O)cc1)C(=O)NC(CCCCN)C(=O)NC(Cc1cnc[nH]1)C(=O)N1CCCC1C(N)=O)C(C)C. The Labute approximate surface area is 360 Å². The number of aromatic nitrogens is 2. The number of phenols is 1. The number of unbranched alkanes of at least 4 members (excludes halogenated alkanes) is 1. The molecule has 342 valence electrons. The Kier molecular flexibility index (Phi) is 20.6. The fourth-order valence-corrected chi connectivity index (χ4v) is 6.95. The smallest absolute Gasteiger partial charge is 0.246 e. The summed E-state index contributed by atoms with van der Waals surface area (Å²) < 4.78 is 0. The highest BCUT2D eigenvalue weighted by Crippen LogP contribution is 2.20. The number of benzene rings is 1. The summed E-state index contributed by atoms with van der Waals surface area (Å²) in [5, 5.41) is 26.3. The van der Waals surface area contributed by atoms with Gasteiger partial charge in [-0.25, -0.2) is 4.98 Å². The molecule has 22 heteroatoms. The van der Waals surface area contributed by atoms with Gasteiger partial charge in [0, 0.05) is 37.8 Å². The number of carbonyl (C=O) groups excluding carboxylic acids is 7. The van der Waals surface area contributed by atoms with E-state index in [1.165, 1.54) is 29.6 Å². The second-order valence-corrected chi connectivity index (χ2v) is 15.5. The van der Waals surface area contributed by atoms with Crippen LogP contribution in [0.3, 0.4) is 0 Å². The first kappa shape index (κ1) is 50.1. The van der Waals surface area contributed by atoms with Crippen molar-refractivity contribution in [1.82, 2.24) is 46.8 Å². The van der Waals surface area contributed by atoms with Crippen molar-refractivity contribution in [2.24, 2.45) is 33.8 Å². The van der Waals surface area contributed by atoms with Crippen molar-refractivity contribution in [3.05, 3.63) is 48.0 Å². The lowest BCUT2D eigenvalue weighted by Crippen LogP contribution is -2.61. The molecule has 22 nitrogen and oxygen atoms in total. The number of nitrogens with one attached hydrogen (secondary N) is 7. The van der Waals surface area contributed by atoms with E-state index in [1.54, 1.807) is 33.0 Å². The molecule has 6 atom stereocenters. The third-order valence-electron chi connectivity index (χ3n) is 10.2. The number of amides is 7. The maximum absolute atomic E-state index is 14.3. The maximum Gasteiger partial charge on any atom is 0.246 e. The minimum absolute atomic E-state index is 0.00579. The Morgan fingerprint density at radius 3 is 2.08 bits per heavy atom. The van der Waals surface area contributed by atoms with Crippen LogP contribution in [0.4, 0.5) is 0 Å². The summed E-state index contributed by atoms with van der Waals surface area (Å²) in [5.74, 6) is -5.14. The molecule has 7 amide bonds. The largest absolute Gasteiger partial charge is 0.508 e. The van der Waals surface area contributed by atoms with Gasteiger partial charge in [-0.1, -0.05) is 26.0 Å². The van der Waals surface area contributed by atoms with Crippen LogP contribution in [0.5, 0.6) is 5.75 Å². The van der Waals surface area contributed by atoms with Crippen LogP contribution in [0.2, 0.25) is 0 Å². The number of likely N-dealkylation sites (tertiary alicyclic amines) is 1. The Bertz CT molecular complexity index is 1820. The van der Waals surface area contributed by atoms with Crippen molar-refractivity contribution in [2.75, 3.05) is 33.2 Å². The molecular formula is C40H64N14O8. The molecular weight excluding hydrogens is 805 g/mol. The van der Waals surface area contributed by atoms with Gasteiger partial charge in [0.15, 0.2) is 5.96 Å². The van der Waals surface area contributed by atoms with Crippen LogP contribution in [0.15, 0.2) is 41.8 Å². The zero-order valence-corrected chi connectivity index (χ0v) is 35.7. The van der Waals surface area contributed by atoms with Gasteiger partial charge in [0.1, 0.15) is 42.0 Å². The molecule has 1 aliphatic heterocycles. The average Bonchev–Trinajstić information content (AvgIpc) is 3.94. The topological polar surface area (TPSA) is 360 Å². The van der Waals surface area contributed by atoms with Crippen LogP contribution in [-0.2, 0) is 46.4 Å². The Hall–Kier alpha value is -6.29. The molecule has 1 aliphatic rings. The van der Waals surface area contributed by atoms with Crippen LogP contribution in [0.1, 0.15) is 70.1 Å². The predicted octanol–water partition coefficient (Wildman–Crippen LogP) is -3.14. The standard InChI is InChI=1S/C40H64N14O8/c1-23(2)33(53-36(59)27(49-32(56)21-45-3)9-6-16-47-40(43)44)38(61)51-29(18-24-11-13-26(55)14-12-24)37(60)50-28(8-4-5-15-41)35(58)52-30(19-25-20-46-22-48-25)39(62)54-17-7-10-31(54)34(42)57/h11-14,20,22-23,27-31,33,45,55H,4-10,15-19,21,41H2,1-3H3,(H2,42,57)(H,46,48)(H,49,56)(H,50,60)(H,51,61)(H,52,58)(H,53,59)(H4,43,44,47). The molecule has 0 saturated carbocycles. The van der Waals surface area contributed by atoms with Gasteiger partial charge in [-0.2, -0.15) is 0 Å². The first-order valence-corrected chi connectivity index (χ1v) is 20.8. The van der Waals surface area contributed by atoms with Crippen molar-refractivity contribution in [2.45, 2.75) is 108 Å². The zero-order valence-electron chi connectivity index (χ0n) is 35.7. The molecule has 2 heterocycles. The van der Waals surface area contributed by atoms with Gasteiger partial charge in [-0.05, 0) is 82.2 Å². The fourth-order valence-electron chi connectivity index (χ4n) is 6.95. The van der Waals surface area contributed by atoms with Gasteiger partial charge in [0.2, 0.25) is 41.4 Å². The van der Waals surface area contributed by atoms with Crippen LogP contribution in [0.25, 0.3) is 0 Å². The molecule has 0 spiro atoms. The van der Waals surface area contributed by atoms with Crippen molar-refractivity contribution < 1.29 is 38.7 Å². The van der Waals surface area contributed by atoms with Crippen LogP contribution in [-0.4, -0.2) is 137 Å². The van der Waals surface area contributed by atoms with E-state index in [0.29, 0.717) is 49.9 Å². The lowest BCUT2D eigenvalue weighted by atomic mass is 9.99. The highest BCUT2D eigenvalue weighted by molar-refractivity contribution is 5.97. The van der Waals surface area contributed by atoms with E-state index >= 15 is 0 Å². The van der Waals surface area contributed by atoms with Crippen molar-refractivity contribution in [1.29, 1.82) is 0 Å². The number of likely N-dealkylation sites (N-methyl/N-ethyl adjacent to an activating group) is 1. The minimum Gasteiger partial charge on any atom is -0.508 e. The summed E-state index contributed by atoms with van der Waals surface area (Å²) in [6.07, 6.45) is 5.27.